The van der Waals surface area contributed by atoms with Crippen LogP contribution in [-0.2, 0) is 9.53 Å². The van der Waals surface area contributed by atoms with Crippen molar-refractivity contribution in [1.82, 2.24) is 4.90 Å². The first-order valence-electron chi connectivity index (χ1n) is 9.05. The van der Waals surface area contributed by atoms with Gasteiger partial charge in [-0.05, 0) is 28.7 Å². The minimum absolute atomic E-state index is 0.0497. The van der Waals surface area contributed by atoms with E-state index in [4.69, 9.17) is 4.74 Å². The zero-order valence-corrected chi connectivity index (χ0v) is 14.7. The van der Waals surface area contributed by atoms with Gasteiger partial charge in [0.1, 0.15) is 6.61 Å². The highest BCUT2D eigenvalue weighted by atomic mass is 16.6. The van der Waals surface area contributed by atoms with Crippen LogP contribution < -0.4 is 0 Å². The van der Waals surface area contributed by atoms with Gasteiger partial charge in [0, 0.05) is 19.0 Å². The number of aliphatic carboxylic acids is 1. The number of carbonyl (C=O) groups is 2. The number of piperidine rings is 1. The van der Waals surface area contributed by atoms with Crippen molar-refractivity contribution >= 4 is 12.1 Å². The third-order valence-corrected chi connectivity index (χ3v) is 5.37. The molecule has 2 N–H and O–H groups in total. The van der Waals surface area contributed by atoms with E-state index in [2.05, 4.69) is 12.1 Å². The van der Waals surface area contributed by atoms with E-state index in [1.54, 1.807) is 0 Å². The summed E-state index contributed by atoms with van der Waals surface area (Å²) in [6.45, 7) is 0.334. The first-order chi connectivity index (χ1) is 13.0. The molecule has 140 valence electrons. The van der Waals surface area contributed by atoms with Crippen LogP contribution in [0.15, 0.2) is 48.5 Å². The number of likely N-dealkylation sites (tertiary alicyclic amines) is 1. The number of aliphatic hydroxyl groups is 1. The van der Waals surface area contributed by atoms with Crippen LogP contribution >= 0.6 is 0 Å². The molecule has 6 heteroatoms. The van der Waals surface area contributed by atoms with Crippen molar-refractivity contribution in [1.29, 1.82) is 0 Å². The van der Waals surface area contributed by atoms with Crippen molar-refractivity contribution in [3.05, 3.63) is 59.7 Å². The van der Waals surface area contributed by atoms with Gasteiger partial charge in [-0.15, -0.1) is 0 Å². The van der Waals surface area contributed by atoms with E-state index in [9.17, 15) is 19.8 Å². The van der Waals surface area contributed by atoms with Gasteiger partial charge >= 0.3 is 12.1 Å². The van der Waals surface area contributed by atoms with Gasteiger partial charge in [-0.3, -0.25) is 4.79 Å². The number of benzene rings is 2. The molecule has 0 saturated carbocycles. The van der Waals surface area contributed by atoms with Crippen molar-refractivity contribution in [2.45, 2.75) is 18.4 Å². The number of hydrogen-bond acceptors (Lipinski definition) is 4. The zero-order valence-electron chi connectivity index (χ0n) is 14.7. The summed E-state index contributed by atoms with van der Waals surface area (Å²) >= 11 is 0. The van der Waals surface area contributed by atoms with E-state index in [1.807, 2.05) is 36.4 Å². The molecule has 27 heavy (non-hydrogen) atoms. The quantitative estimate of drug-likeness (QED) is 0.871. The Kier molecular flexibility index (Phi) is 4.58. The average molecular weight is 367 g/mol. The van der Waals surface area contributed by atoms with E-state index >= 15 is 0 Å². The Hall–Kier alpha value is -2.86. The third-order valence-electron chi connectivity index (χ3n) is 5.37. The largest absolute Gasteiger partial charge is 0.481 e. The van der Waals surface area contributed by atoms with Crippen molar-refractivity contribution in [3.8, 4) is 11.1 Å². The normalized spacial score (nSPS) is 21.4. The van der Waals surface area contributed by atoms with Crippen LogP contribution in [0.4, 0.5) is 4.79 Å². The summed E-state index contributed by atoms with van der Waals surface area (Å²) in [4.78, 5) is 25.0. The Morgan fingerprint density at radius 1 is 1.00 bits per heavy atom. The van der Waals surface area contributed by atoms with E-state index in [0.29, 0.717) is 0 Å². The topological polar surface area (TPSA) is 87.1 Å². The molecule has 1 saturated heterocycles. The molecular formula is C21H21NO5. The van der Waals surface area contributed by atoms with Crippen LogP contribution in [0.25, 0.3) is 11.1 Å². The molecule has 1 amide bonds. The van der Waals surface area contributed by atoms with Crippen LogP contribution in [0.5, 0.6) is 0 Å². The summed E-state index contributed by atoms with van der Waals surface area (Å²) in [5.74, 6) is -1.83. The number of ether oxygens (including phenoxy) is 1. The fourth-order valence-electron chi connectivity index (χ4n) is 4.09. The van der Waals surface area contributed by atoms with E-state index in [0.717, 1.165) is 22.3 Å². The molecular weight excluding hydrogens is 346 g/mol. The number of aliphatic hydroxyl groups excluding tert-OH is 1. The molecule has 1 heterocycles. The molecule has 0 bridgehead atoms. The van der Waals surface area contributed by atoms with Gasteiger partial charge < -0.3 is 19.8 Å². The monoisotopic (exact) mass is 367 g/mol. The van der Waals surface area contributed by atoms with Gasteiger partial charge in [-0.1, -0.05) is 48.5 Å². The van der Waals surface area contributed by atoms with Crippen LogP contribution in [0, 0.1) is 5.92 Å². The first kappa shape index (κ1) is 17.5. The first-order valence-corrected chi connectivity index (χ1v) is 9.05. The number of rotatable bonds is 3. The molecule has 1 fully saturated rings. The molecule has 0 aromatic heterocycles. The predicted octanol–water partition coefficient (Wildman–Crippen LogP) is 2.70. The summed E-state index contributed by atoms with van der Waals surface area (Å²) in [5.41, 5.74) is 4.53. The minimum Gasteiger partial charge on any atom is -0.481 e. The smallest absolute Gasteiger partial charge is 0.409 e. The van der Waals surface area contributed by atoms with Gasteiger partial charge in [-0.25, -0.2) is 4.79 Å². The molecule has 2 aliphatic rings. The number of hydrogen-bond donors (Lipinski definition) is 2. The molecule has 0 unspecified atom stereocenters. The van der Waals surface area contributed by atoms with Crippen molar-refractivity contribution in [2.24, 2.45) is 5.92 Å². The lowest BCUT2D eigenvalue weighted by molar-refractivity contribution is -0.145. The second-order valence-electron chi connectivity index (χ2n) is 7.13. The predicted molar refractivity (Wildman–Crippen MR) is 98.4 cm³/mol. The molecule has 0 spiro atoms. The molecule has 2 atom stereocenters. The van der Waals surface area contributed by atoms with Crippen molar-refractivity contribution < 1.29 is 24.5 Å². The highest BCUT2D eigenvalue weighted by molar-refractivity contribution is 5.79. The van der Waals surface area contributed by atoms with Gasteiger partial charge in [0.2, 0.25) is 0 Å². The highest BCUT2D eigenvalue weighted by Gasteiger charge is 2.35. The Morgan fingerprint density at radius 3 is 2.19 bits per heavy atom. The SMILES string of the molecule is O=C(O)[C@@H]1C[C@@H](O)CN(C(=O)OCC2c3ccccc3-c3ccccc32)C1. The summed E-state index contributed by atoms with van der Waals surface area (Å²) in [6, 6.07) is 16.1. The van der Waals surface area contributed by atoms with Gasteiger partial charge in [-0.2, -0.15) is 0 Å². The zero-order chi connectivity index (χ0) is 19.0. The lowest BCUT2D eigenvalue weighted by atomic mass is 9.96. The lowest BCUT2D eigenvalue weighted by Gasteiger charge is -2.33. The number of carbonyl (C=O) groups excluding carboxylic acids is 1. The van der Waals surface area contributed by atoms with Crippen molar-refractivity contribution in [2.75, 3.05) is 19.7 Å². The van der Waals surface area contributed by atoms with Gasteiger partial charge in [0.25, 0.3) is 0 Å². The maximum atomic E-state index is 12.5. The van der Waals surface area contributed by atoms with Crippen LogP contribution in [-0.4, -0.2) is 53.0 Å². The molecule has 4 rings (SSSR count). The highest BCUT2D eigenvalue weighted by Crippen LogP contribution is 2.44. The molecule has 2 aromatic carbocycles. The molecule has 1 aliphatic carbocycles. The summed E-state index contributed by atoms with van der Waals surface area (Å²) in [7, 11) is 0. The Balaban J connectivity index is 1.49. The van der Waals surface area contributed by atoms with Gasteiger partial charge in [0.05, 0.1) is 12.0 Å². The van der Waals surface area contributed by atoms with Crippen LogP contribution in [0.1, 0.15) is 23.5 Å². The van der Waals surface area contributed by atoms with Crippen LogP contribution in [0.2, 0.25) is 0 Å². The fourth-order valence-corrected chi connectivity index (χ4v) is 4.09. The fraction of sp³-hybridized carbons (Fsp3) is 0.333. The Morgan fingerprint density at radius 2 is 1.59 bits per heavy atom. The van der Waals surface area contributed by atoms with E-state index < -0.39 is 24.1 Å². The number of carboxylic acid groups (broad SMARTS) is 1. The second kappa shape index (κ2) is 7.04. The second-order valence-corrected chi connectivity index (χ2v) is 7.13. The maximum absolute atomic E-state index is 12.5. The minimum atomic E-state index is -1.01. The molecule has 6 nitrogen and oxygen atoms in total. The molecule has 0 radical (unpaired) electrons. The number of amides is 1. The summed E-state index contributed by atoms with van der Waals surface area (Å²) in [5, 5.41) is 19.1. The standard InChI is InChI=1S/C21H21NO5/c23-14-9-13(20(24)25)10-22(11-14)21(26)27-12-19-17-7-3-1-5-15(17)16-6-2-4-8-18(16)19/h1-8,13-14,19,23H,9-12H2,(H,24,25)/t13-,14-/m1/s1. The van der Waals surface area contributed by atoms with E-state index in [-0.39, 0.29) is 32.0 Å². The van der Waals surface area contributed by atoms with Crippen molar-refractivity contribution in [3.63, 3.8) is 0 Å². The maximum Gasteiger partial charge on any atom is 0.409 e. The van der Waals surface area contributed by atoms with E-state index in [1.165, 1.54) is 4.90 Å². The molecule has 1 aliphatic heterocycles. The Labute approximate surface area is 157 Å². The number of β-amino-alcohol motifs (C(OH)–C–C–N with tert-alkyl or cyclic N) is 1. The average Bonchev–Trinajstić information content (AvgIpc) is 2.99. The third kappa shape index (κ3) is 3.28. The van der Waals surface area contributed by atoms with Crippen LogP contribution in [0.3, 0.4) is 0 Å². The number of nitrogens with zero attached hydrogens (tertiary/aromatic N) is 1. The number of carboxylic acids is 1. The summed E-state index contributed by atoms with van der Waals surface area (Å²) < 4.78 is 5.54. The molecule has 2 aromatic rings. The summed E-state index contributed by atoms with van der Waals surface area (Å²) in [6.07, 6.45) is -1.27. The Bertz CT molecular complexity index is 835. The number of fused-ring (bicyclic) bond motifs is 3. The lowest BCUT2D eigenvalue weighted by Crippen LogP contribution is -2.48. The van der Waals surface area contributed by atoms with Gasteiger partial charge in [0.15, 0.2) is 0 Å².